The van der Waals surface area contributed by atoms with E-state index in [2.05, 4.69) is 5.10 Å². The normalized spacial score (nSPS) is 11.0. The lowest BCUT2D eigenvalue weighted by Gasteiger charge is -2.02. The molecule has 0 aromatic carbocycles. The van der Waals surface area contributed by atoms with Crippen LogP contribution in [0.15, 0.2) is 6.20 Å². The van der Waals surface area contributed by atoms with E-state index in [9.17, 15) is 8.78 Å². The fraction of sp³-hybridized carbons (Fsp3) is 0.500. The molecule has 0 N–H and O–H groups in total. The van der Waals surface area contributed by atoms with E-state index in [-0.39, 0.29) is 5.69 Å². The Labute approximate surface area is 76.7 Å². The Bertz CT molecular complexity index is 247. The van der Waals surface area contributed by atoms with Crippen LogP contribution in [0.2, 0.25) is 0 Å². The molecule has 1 heterocycles. The Morgan fingerprint density at radius 3 is 2.73 bits per heavy atom. The van der Waals surface area contributed by atoms with Crippen molar-refractivity contribution in [1.29, 1.82) is 0 Å². The van der Waals surface area contributed by atoms with Gasteiger partial charge in [0.2, 0.25) is 0 Å². The minimum absolute atomic E-state index is 0.0214. The lowest BCUT2D eigenvalue weighted by molar-refractivity contribution is 0.138. The van der Waals surface area contributed by atoms with E-state index < -0.39 is 6.43 Å². The van der Waals surface area contributed by atoms with Crippen LogP contribution in [0.5, 0.6) is 0 Å². The van der Waals surface area contributed by atoms with Crippen LogP contribution in [0.4, 0.5) is 8.78 Å². The first kappa shape index (κ1) is 8.89. The minimum Gasteiger partial charge on any atom is -0.263 e. The van der Waals surface area contributed by atoms with Crippen LogP contribution < -0.4 is 0 Å². The summed E-state index contributed by atoms with van der Waals surface area (Å²) in [6.45, 7) is 2.28. The Kier molecular flexibility index (Phi) is 2.80. The molecule has 0 aliphatic heterocycles. The van der Waals surface area contributed by atoms with Crippen LogP contribution in [-0.2, 0) is 6.54 Å². The van der Waals surface area contributed by atoms with Gasteiger partial charge in [0, 0.05) is 6.54 Å². The second-order valence-corrected chi connectivity index (χ2v) is 3.16. The van der Waals surface area contributed by atoms with Crippen molar-refractivity contribution in [3.05, 3.63) is 15.5 Å². The highest BCUT2D eigenvalue weighted by Crippen LogP contribution is 2.23. The average molecular weight is 272 g/mol. The summed E-state index contributed by atoms with van der Waals surface area (Å²) >= 11 is 1.86. The number of alkyl halides is 2. The van der Waals surface area contributed by atoms with Crippen LogP contribution in [-0.4, -0.2) is 9.78 Å². The van der Waals surface area contributed by atoms with Gasteiger partial charge in [0.25, 0.3) is 6.43 Å². The highest BCUT2D eigenvalue weighted by atomic mass is 127. The van der Waals surface area contributed by atoms with Gasteiger partial charge in [-0.15, -0.1) is 0 Å². The maximum absolute atomic E-state index is 12.2. The highest BCUT2D eigenvalue weighted by molar-refractivity contribution is 14.1. The van der Waals surface area contributed by atoms with Crippen molar-refractivity contribution in [3.8, 4) is 0 Å². The summed E-state index contributed by atoms with van der Waals surface area (Å²) in [7, 11) is 0. The van der Waals surface area contributed by atoms with Crippen LogP contribution in [0.3, 0.4) is 0 Å². The predicted octanol–water partition coefficient (Wildman–Crippen LogP) is 2.45. The highest BCUT2D eigenvalue weighted by Gasteiger charge is 2.16. The van der Waals surface area contributed by atoms with Crippen LogP contribution in [0, 0.1) is 3.57 Å². The molecule has 11 heavy (non-hydrogen) atoms. The van der Waals surface area contributed by atoms with Crippen molar-refractivity contribution in [1.82, 2.24) is 9.78 Å². The Hall–Kier alpha value is -0.200. The second kappa shape index (κ2) is 3.46. The predicted molar refractivity (Wildman–Crippen MR) is 45.6 cm³/mol. The number of rotatable bonds is 2. The van der Waals surface area contributed by atoms with Crippen LogP contribution in [0.25, 0.3) is 0 Å². The molecule has 0 aliphatic rings. The van der Waals surface area contributed by atoms with Gasteiger partial charge in [0.05, 0.1) is 9.77 Å². The fourth-order valence-electron chi connectivity index (χ4n) is 0.841. The monoisotopic (exact) mass is 272 g/mol. The Balaban J connectivity index is 3.07. The first-order valence-corrected chi connectivity index (χ1v) is 4.24. The Morgan fingerprint density at radius 2 is 2.36 bits per heavy atom. The van der Waals surface area contributed by atoms with E-state index in [1.54, 1.807) is 6.92 Å². The zero-order valence-corrected chi connectivity index (χ0v) is 8.05. The van der Waals surface area contributed by atoms with Crippen molar-refractivity contribution in [2.75, 3.05) is 0 Å². The summed E-state index contributed by atoms with van der Waals surface area (Å²) in [5.41, 5.74) is 0.0214. The van der Waals surface area contributed by atoms with Crippen molar-refractivity contribution < 1.29 is 8.78 Å². The van der Waals surface area contributed by atoms with E-state index in [4.69, 9.17) is 0 Å². The van der Waals surface area contributed by atoms with E-state index >= 15 is 0 Å². The molecule has 0 atom stereocenters. The minimum atomic E-state index is -2.43. The molecular formula is C6H7F2IN2. The number of aromatic nitrogens is 2. The maximum Gasteiger partial charge on any atom is 0.281 e. The lowest BCUT2D eigenvalue weighted by atomic mass is 10.4. The van der Waals surface area contributed by atoms with Gasteiger partial charge in [-0.2, -0.15) is 5.10 Å². The molecule has 0 radical (unpaired) electrons. The summed E-state index contributed by atoms with van der Waals surface area (Å²) < 4.78 is 26.3. The van der Waals surface area contributed by atoms with Gasteiger partial charge in [-0.3, -0.25) is 4.68 Å². The topological polar surface area (TPSA) is 17.8 Å². The largest absolute Gasteiger partial charge is 0.281 e. The second-order valence-electron chi connectivity index (χ2n) is 1.99. The molecule has 1 rings (SSSR count). The SMILES string of the molecule is CCn1ncc(I)c1C(F)F. The summed E-state index contributed by atoms with van der Waals surface area (Å²) in [5.74, 6) is 0. The Morgan fingerprint density at radius 1 is 1.73 bits per heavy atom. The maximum atomic E-state index is 12.2. The molecule has 0 unspecified atom stereocenters. The molecule has 0 fully saturated rings. The van der Waals surface area contributed by atoms with Crippen molar-refractivity contribution in [3.63, 3.8) is 0 Å². The van der Waals surface area contributed by atoms with E-state index in [0.29, 0.717) is 10.1 Å². The molecule has 0 saturated heterocycles. The van der Waals surface area contributed by atoms with E-state index in [0.717, 1.165) is 0 Å². The summed E-state index contributed by atoms with van der Waals surface area (Å²) in [4.78, 5) is 0. The molecule has 0 saturated carbocycles. The summed E-state index contributed by atoms with van der Waals surface area (Å²) in [5, 5.41) is 3.78. The average Bonchev–Trinajstić information content (AvgIpc) is 2.30. The van der Waals surface area contributed by atoms with E-state index in [1.165, 1.54) is 10.9 Å². The van der Waals surface area contributed by atoms with E-state index in [1.807, 2.05) is 22.6 Å². The lowest BCUT2D eigenvalue weighted by Crippen LogP contribution is -2.03. The van der Waals surface area contributed by atoms with Crippen LogP contribution >= 0.6 is 22.6 Å². The number of hydrogen-bond acceptors (Lipinski definition) is 1. The number of halogens is 3. The smallest absolute Gasteiger partial charge is 0.263 e. The zero-order chi connectivity index (χ0) is 8.43. The van der Waals surface area contributed by atoms with Crippen LogP contribution in [0.1, 0.15) is 19.0 Å². The molecule has 1 aromatic heterocycles. The fourth-order valence-corrected chi connectivity index (χ4v) is 1.48. The molecule has 1 aromatic rings. The van der Waals surface area contributed by atoms with Crippen molar-refractivity contribution >= 4 is 22.6 Å². The van der Waals surface area contributed by atoms with Gasteiger partial charge in [0.1, 0.15) is 5.69 Å². The molecular weight excluding hydrogens is 265 g/mol. The third kappa shape index (κ3) is 1.69. The number of nitrogens with zero attached hydrogens (tertiary/aromatic N) is 2. The first-order chi connectivity index (χ1) is 5.16. The van der Waals surface area contributed by atoms with Gasteiger partial charge >= 0.3 is 0 Å². The van der Waals surface area contributed by atoms with Crippen molar-refractivity contribution in [2.24, 2.45) is 0 Å². The summed E-state index contributed by atoms with van der Waals surface area (Å²) in [6, 6.07) is 0. The summed E-state index contributed by atoms with van der Waals surface area (Å²) in [6.07, 6.45) is -0.977. The van der Waals surface area contributed by atoms with Gasteiger partial charge in [-0.25, -0.2) is 8.78 Å². The molecule has 5 heteroatoms. The molecule has 62 valence electrons. The van der Waals surface area contributed by atoms with Gasteiger partial charge in [-0.1, -0.05) is 0 Å². The molecule has 0 amide bonds. The molecule has 2 nitrogen and oxygen atoms in total. The molecule has 0 aliphatic carbocycles. The standard InChI is InChI=1S/C6H7F2IN2/c1-2-11-5(6(7)8)4(9)3-10-11/h3,6H,2H2,1H3. The first-order valence-electron chi connectivity index (χ1n) is 3.16. The molecule has 0 spiro atoms. The third-order valence-electron chi connectivity index (χ3n) is 1.34. The quantitative estimate of drug-likeness (QED) is 0.756. The molecule has 0 bridgehead atoms. The van der Waals surface area contributed by atoms with Gasteiger partial charge in [0.15, 0.2) is 0 Å². The van der Waals surface area contributed by atoms with Gasteiger partial charge < -0.3 is 0 Å². The number of hydrogen-bond donors (Lipinski definition) is 0. The number of aryl methyl sites for hydroxylation is 1. The third-order valence-corrected chi connectivity index (χ3v) is 2.17. The van der Waals surface area contributed by atoms with Crippen molar-refractivity contribution in [2.45, 2.75) is 19.9 Å². The van der Waals surface area contributed by atoms with Gasteiger partial charge in [-0.05, 0) is 29.5 Å². The zero-order valence-electron chi connectivity index (χ0n) is 5.89.